The number of hydrogen-bond donors (Lipinski definition) is 0. The zero-order valence-electron chi connectivity index (χ0n) is 16.6. The molecule has 1 unspecified atom stereocenters. The zero-order valence-corrected chi connectivity index (χ0v) is 16.6. The molecule has 30 heavy (non-hydrogen) atoms. The smallest absolute Gasteiger partial charge is 0.205 e. The van der Waals surface area contributed by atoms with Crippen molar-refractivity contribution in [2.45, 2.75) is 31.3 Å². The Bertz CT molecular complexity index is 1170. The molecule has 146 valence electrons. The molecule has 0 saturated carbocycles. The quantitative estimate of drug-likeness (QED) is 0.571. The van der Waals surface area contributed by atoms with Crippen molar-refractivity contribution in [2.75, 3.05) is 0 Å². The maximum absolute atomic E-state index is 9.33. The van der Waals surface area contributed by atoms with Crippen LogP contribution in [0.25, 0.3) is 11.1 Å². The van der Waals surface area contributed by atoms with E-state index in [1.54, 1.807) is 6.07 Å². The molecule has 0 aromatic heterocycles. The summed E-state index contributed by atoms with van der Waals surface area (Å²) in [7, 11) is 0. The molecule has 1 aliphatic carbocycles. The lowest BCUT2D eigenvalue weighted by molar-refractivity contribution is 0.0633. The van der Waals surface area contributed by atoms with Crippen LogP contribution in [0.1, 0.15) is 36.8 Å². The Kier molecular flexibility index (Phi) is 5.33. The zero-order chi connectivity index (χ0) is 21.0. The van der Waals surface area contributed by atoms with Gasteiger partial charge in [-0.15, -0.1) is 0 Å². The highest BCUT2D eigenvalue weighted by molar-refractivity contribution is 6.05. The molecule has 2 aliphatic rings. The molecule has 4 nitrogen and oxygen atoms in total. The average Bonchev–Trinajstić information content (AvgIpc) is 2.84. The first-order valence-corrected chi connectivity index (χ1v) is 9.93. The second-order valence-electron chi connectivity index (χ2n) is 7.68. The van der Waals surface area contributed by atoms with E-state index >= 15 is 0 Å². The number of allylic oxidation sites excluding steroid dienone is 4. The molecule has 4 heteroatoms. The molecule has 2 aromatic carbocycles. The molecule has 0 radical (unpaired) electrons. The van der Waals surface area contributed by atoms with Crippen LogP contribution in [0.2, 0.25) is 0 Å². The maximum Gasteiger partial charge on any atom is 0.205 e. The molecular weight excluding hydrogens is 370 g/mol. The van der Waals surface area contributed by atoms with Crippen LogP contribution < -0.4 is 4.74 Å². The second-order valence-corrected chi connectivity index (χ2v) is 7.68. The summed E-state index contributed by atoms with van der Waals surface area (Å²) in [6.45, 7) is 4.17. The van der Waals surface area contributed by atoms with Gasteiger partial charge in [0, 0.05) is 18.4 Å². The Labute approximate surface area is 176 Å². The normalized spacial score (nSPS) is 23.8. The fourth-order valence-corrected chi connectivity index (χ4v) is 4.13. The molecule has 1 spiro atoms. The Morgan fingerprint density at radius 2 is 1.90 bits per heavy atom. The second kappa shape index (κ2) is 8.23. The third-order valence-electron chi connectivity index (χ3n) is 5.51. The van der Waals surface area contributed by atoms with Gasteiger partial charge in [0.05, 0.1) is 17.3 Å². The summed E-state index contributed by atoms with van der Waals surface area (Å²) >= 11 is 0. The van der Waals surface area contributed by atoms with Crippen LogP contribution in [0.3, 0.4) is 0 Å². The summed E-state index contributed by atoms with van der Waals surface area (Å²) in [5, 5.41) is 18.5. The predicted molar refractivity (Wildman–Crippen MR) is 118 cm³/mol. The van der Waals surface area contributed by atoms with Gasteiger partial charge in [0.2, 0.25) is 6.19 Å². The molecule has 0 bridgehead atoms. The van der Waals surface area contributed by atoms with Crippen molar-refractivity contribution in [1.82, 2.24) is 0 Å². The lowest BCUT2D eigenvalue weighted by Gasteiger charge is -2.39. The summed E-state index contributed by atoms with van der Waals surface area (Å²) in [5.41, 5.74) is 4.60. The molecule has 0 N–H and O–H groups in total. The van der Waals surface area contributed by atoms with Gasteiger partial charge in [0.1, 0.15) is 11.4 Å². The SMILES string of the molecule is C=C1/C=C\C=C/CCC2(C1)CC(=NC#N)c1cc(-c3cccc(C#N)c3)ccc1O2. The van der Waals surface area contributed by atoms with Crippen LogP contribution in [0, 0.1) is 22.8 Å². The van der Waals surface area contributed by atoms with E-state index in [-0.39, 0.29) is 0 Å². The van der Waals surface area contributed by atoms with Crippen molar-refractivity contribution >= 4 is 5.71 Å². The van der Waals surface area contributed by atoms with Crippen molar-refractivity contribution < 1.29 is 4.74 Å². The lowest BCUT2D eigenvalue weighted by Crippen LogP contribution is -2.42. The summed E-state index contributed by atoms with van der Waals surface area (Å²) in [4.78, 5) is 4.17. The van der Waals surface area contributed by atoms with Gasteiger partial charge in [0.25, 0.3) is 0 Å². The van der Waals surface area contributed by atoms with Gasteiger partial charge >= 0.3 is 0 Å². The van der Waals surface area contributed by atoms with Crippen molar-refractivity contribution in [1.29, 1.82) is 10.5 Å². The minimum Gasteiger partial charge on any atom is -0.486 e. The number of nitrogens with zero attached hydrogens (tertiary/aromatic N) is 3. The van der Waals surface area contributed by atoms with E-state index in [1.807, 2.05) is 60.8 Å². The van der Waals surface area contributed by atoms with Crippen molar-refractivity contribution in [2.24, 2.45) is 4.99 Å². The van der Waals surface area contributed by atoms with Gasteiger partial charge in [-0.1, -0.05) is 54.7 Å². The fraction of sp³-hybridized carbons (Fsp3) is 0.192. The summed E-state index contributed by atoms with van der Waals surface area (Å²) < 4.78 is 6.56. The van der Waals surface area contributed by atoms with Crippen molar-refractivity contribution in [3.05, 3.63) is 90.0 Å². The van der Waals surface area contributed by atoms with Gasteiger partial charge < -0.3 is 4.74 Å². The molecule has 1 heterocycles. The van der Waals surface area contributed by atoms with Crippen LogP contribution in [0.15, 0.2) is 83.9 Å². The monoisotopic (exact) mass is 391 g/mol. The van der Waals surface area contributed by atoms with E-state index in [0.29, 0.717) is 18.4 Å². The molecular formula is C26H21N3O. The number of hydrogen-bond acceptors (Lipinski definition) is 4. The molecule has 1 aliphatic heterocycles. The van der Waals surface area contributed by atoms with Gasteiger partial charge in [-0.25, -0.2) is 0 Å². The number of ether oxygens (including phenoxy) is 1. The maximum atomic E-state index is 9.33. The Morgan fingerprint density at radius 1 is 1.03 bits per heavy atom. The minimum atomic E-state index is -0.471. The predicted octanol–water partition coefficient (Wildman–Crippen LogP) is 5.87. The van der Waals surface area contributed by atoms with E-state index in [9.17, 15) is 10.5 Å². The molecule has 0 fully saturated rings. The minimum absolute atomic E-state index is 0.471. The van der Waals surface area contributed by atoms with E-state index in [0.717, 1.165) is 46.6 Å². The van der Waals surface area contributed by atoms with E-state index in [4.69, 9.17) is 4.74 Å². The first-order valence-electron chi connectivity index (χ1n) is 9.93. The molecule has 0 amide bonds. The Hall–Kier alpha value is -3.89. The summed E-state index contributed by atoms with van der Waals surface area (Å²) in [6, 6.07) is 15.6. The van der Waals surface area contributed by atoms with Crippen LogP contribution >= 0.6 is 0 Å². The largest absolute Gasteiger partial charge is 0.486 e. The Morgan fingerprint density at radius 3 is 2.73 bits per heavy atom. The summed E-state index contributed by atoms with van der Waals surface area (Å²) in [6.07, 6.45) is 13.1. The lowest BCUT2D eigenvalue weighted by atomic mass is 9.81. The highest BCUT2D eigenvalue weighted by atomic mass is 16.5. The topological polar surface area (TPSA) is 69.2 Å². The first-order chi connectivity index (χ1) is 14.6. The van der Waals surface area contributed by atoms with Gasteiger partial charge in [0.15, 0.2) is 0 Å². The van der Waals surface area contributed by atoms with Crippen molar-refractivity contribution in [3.63, 3.8) is 0 Å². The summed E-state index contributed by atoms with van der Waals surface area (Å²) in [5.74, 6) is 0.732. The van der Waals surface area contributed by atoms with Crippen LogP contribution in [-0.2, 0) is 0 Å². The van der Waals surface area contributed by atoms with Crippen molar-refractivity contribution in [3.8, 4) is 29.1 Å². The molecule has 4 rings (SSSR count). The third-order valence-corrected chi connectivity index (χ3v) is 5.51. The van der Waals surface area contributed by atoms with Crippen LogP contribution in [0.5, 0.6) is 5.75 Å². The van der Waals surface area contributed by atoms with Gasteiger partial charge in [-0.2, -0.15) is 15.5 Å². The van der Waals surface area contributed by atoms with Gasteiger partial charge in [-0.05, 0) is 48.2 Å². The van der Waals surface area contributed by atoms with E-state index < -0.39 is 5.60 Å². The fourth-order valence-electron chi connectivity index (χ4n) is 4.13. The van der Waals surface area contributed by atoms with Crippen LogP contribution in [-0.4, -0.2) is 11.3 Å². The molecule has 0 saturated heterocycles. The first kappa shape index (κ1) is 19.4. The molecule has 1 atom stereocenters. The Balaban J connectivity index is 1.76. The molecule has 2 aromatic rings. The third kappa shape index (κ3) is 3.95. The van der Waals surface area contributed by atoms with E-state index in [1.165, 1.54) is 0 Å². The average molecular weight is 391 g/mol. The standard InChI is InChI=1S/C26H21N3O/c1-19-7-4-2-3-5-12-26(15-19)16-24(29-18-28)23-14-22(10-11-25(23)30-26)21-9-6-8-20(13-21)17-27/h2-4,6-11,13-14H,1,5,12,15-16H2/b3-2-,7-4-,29-24?. The number of fused-ring (bicyclic) bond motifs is 1. The number of benzene rings is 2. The van der Waals surface area contributed by atoms with E-state index in [2.05, 4.69) is 23.7 Å². The highest BCUT2D eigenvalue weighted by Crippen LogP contribution is 2.41. The van der Waals surface area contributed by atoms with Crippen LogP contribution in [0.4, 0.5) is 0 Å². The van der Waals surface area contributed by atoms with Gasteiger partial charge in [-0.3, -0.25) is 0 Å². The highest BCUT2D eigenvalue weighted by Gasteiger charge is 2.39. The number of rotatable bonds is 1. The number of nitriles is 2. The number of aliphatic imine (C=N–C) groups is 1.